The molecule has 1 atom stereocenters. The highest BCUT2D eigenvalue weighted by molar-refractivity contribution is 5.04. The first-order chi connectivity index (χ1) is 5.77. The van der Waals surface area contributed by atoms with E-state index in [9.17, 15) is 0 Å². The van der Waals surface area contributed by atoms with Gasteiger partial charge < -0.3 is 10.5 Å². The number of nitrogens with zero attached hydrogens (tertiary/aromatic N) is 2. The average Bonchev–Trinajstić information content (AvgIpc) is 2.32. The Balaban J connectivity index is 2.12. The predicted octanol–water partition coefficient (Wildman–Crippen LogP) is 0.474. The molecule has 0 amide bonds. The van der Waals surface area contributed by atoms with Crippen LogP contribution in [-0.4, -0.2) is 23.0 Å². The lowest BCUT2D eigenvalue weighted by molar-refractivity contribution is -0.0288. The van der Waals surface area contributed by atoms with Crippen molar-refractivity contribution < 1.29 is 4.74 Å². The maximum atomic E-state index is 5.68. The number of hydrogen-bond acceptors (Lipinski definition) is 3. The second-order valence-electron chi connectivity index (χ2n) is 3.20. The van der Waals surface area contributed by atoms with Crippen LogP contribution in [0.2, 0.25) is 0 Å². The van der Waals surface area contributed by atoms with E-state index in [1.54, 1.807) is 0 Å². The molecule has 1 saturated heterocycles. The quantitative estimate of drug-likeness (QED) is 0.696. The van der Waals surface area contributed by atoms with Gasteiger partial charge in [-0.2, -0.15) is 5.10 Å². The fourth-order valence-corrected chi connectivity index (χ4v) is 1.17. The van der Waals surface area contributed by atoms with Crippen molar-refractivity contribution in [1.82, 2.24) is 9.78 Å². The number of aromatic nitrogens is 2. The largest absolute Gasteiger partial charge is 0.377 e. The van der Waals surface area contributed by atoms with Gasteiger partial charge in [0.25, 0.3) is 0 Å². The SMILES string of the molecule is CC(N)c1ccn(C2COC2)n1. The summed E-state index contributed by atoms with van der Waals surface area (Å²) in [5.74, 6) is 0. The van der Waals surface area contributed by atoms with Crippen LogP contribution < -0.4 is 5.73 Å². The Hall–Kier alpha value is -0.870. The second kappa shape index (κ2) is 2.88. The Morgan fingerprint density at radius 2 is 2.50 bits per heavy atom. The van der Waals surface area contributed by atoms with Gasteiger partial charge in [0, 0.05) is 12.2 Å². The van der Waals surface area contributed by atoms with Gasteiger partial charge in [-0.25, -0.2) is 0 Å². The topological polar surface area (TPSA) is 53.1 Å². The van der Waals surface area contributed by atoms with E-state index >= 15 is 0 Å². The van der Waals surface area contributed by atoms with Crippen LogP contribution in [0.15, 0.2) is 12.3 Å². The van der Waals surface area contributed by atoms with E-state index in [2.05, 4.69) is 5.10 Å². The van der Waals surface area contributed by atoms with Crippen LogP contribution in [0.3, 0.4) is 0 Å². The van der Waals surface area contributed by atoms with Crippen LogP contribution in [0.5, 0.6) is 0 Å². The van der Waals surface area contributed by atoms with Crippen molar-refractivity contribution in [3.05, 3.63) is 18.0 Å². The van der Waals surface area contributed by atoms with E-state index in [1.165, 1.54) is 0 Å². The first-order valence-corrected chi connectivity index (χ1v) is 4.16. The van der Waals surface area contributed by atoms with Gasteiger partial charge in [0.05, 0.1) is 24.9 Å². The number of nitrogens with two attached hydrogens (primary N) is 1. The monoisotopic (exact) mass is 167 g/mol. The van der Waals surface area contributed by atoms with Crippen LogP contribution in [0, 0.1) is 0 Å². The van der Waals surface area contributed by atoms with Gasteiger partial charge in [-0.3, -0.25) is 4.68 Å². The lowest BCUT2D eigenvalue weighted by atomic mass is 10.3. The Bertz CT molecular complexity index is 265. The lowest BCUT2D eigenvalue weighted by Crippen LogP contribution is -2.31. The highest BCUT2D eigenvalue weighted by Crippen LogP contribution is 2.17. The van der Waals surface area contributed by atoms with Crippen LogP contribution in [0.25, 0.3) is 0 Å². The van der Waals surface area contributed by atoms with Crippen molar-refractivity contribution >= 4 is 0 Å². The lowest BCUT2D eigenvalue weighted by Gasteiger charge is -2.26. The zero-order valence-corrected chi connectivity index (χ0v) is 7.10. The molecule has 0 aromatic carbocycles. The summed E-state index contributed by atoms with van der Waals surface area (Å²) in [6.07, 6.45) is 1.96. The maximum absolute atomic E-state index is 5.68. The second-order valence-corrected chi connectivity index (χ2v) is 3.20. The summed E-state index contributed by atoms with van der Waals surface area (Å²) < 4.78 is 7.00. The van der Waals surface area contributed by atoms with E-state index < -0.39 is 0 Å². The van der Waals surface area contributed by atoms with Crippen molar-refractivity contribution in [2.45, 2.75) is 19.0 Å². The van der Waals surface area contributed by atoms with Crippen molar-refractivity contribution in [3.63, 3.8) is 0 Å². The molecule has 2 heterocycles. The molecule has 0 saturated carbocycles. The third-order valence-electron chi connectivity index (χ3n) is 2.09. The molecule has 0 bridgehead atoms. The van der Waals surface area contributed by atoms with Crippen molar-refractivity contribution in [2.24, 2.45) is 5.73 Å². The average molecular weight is 167 g/mol. The molecule has 1 unspecified atom stereocenters. The van der Waals surface area contributed by atoms with E-state index in [0.717, 1.165) is 18.9 Å². The van der Waals surface area contributed by atoms with E-state index in [4.69, 9.17) is 10.5 Å². The van der Waals surface area contributed by atoms with Gasteiger partial charge in [0.2, 0.25) is 0 Å². The van der Waals surface area contributed by atoms with Gasteiger partial charge >= 0.3 is 0 Å². The molecule has 2 N–H and O–H groups in total. The normalized spacial score (nSPS) is 20.5. The Labute approximate surface area is 71.3 Å². The molecule has 4 nitrogen and oxygen atoms in total. The summed E-state index contributed by atoms with van der Waals surface area (Å²) in [7, 11) is 0. The molecule has 1 aromatic rings. The van der Waals surface area contributed by atoms with Crippen LogP contribution in [0.1, 0.15) is 24.7 Å². The Kier molecular flexibility index (Phi) is 1.86. The van der Waals surface area contributed by atoms with Crippen LogP contribution in [0.4, 0.5) is 0 Å². The molecular formula is C8H13N3O. The molecule has 0 spiro atoms. The summed E-state index contributed by atoms with van der Waals surface area (Å²) in [6, 6.07) is 2.41. The predicted molar refractivity (Wildman–Crippen MR) is 44.7 cm³/mol. The van der Waals surface area contributed by atoms with Crippen LogP contribution in [-0.2, 0) is 4.74 Å². The first-order valence-electron chi connectivity index (χ1n) is 4.16. The smallest absolute Gasteiger partial charge is 0.0985 e. The molecule has 1 aliphatic rings. The third kappa shape index (κ3) is 1.23. The first kappa shape index (κ1) is 7.76. The summed E-state index contributed by atoms with van der Waals surface area (Å²) >= 11 is 0. The molecule has 1 aromatic heterocycles. The highest BCUT2D eigenvalue weighted by atomic mass is 16.5. The van der Waals surface area contributed by atoms with E-state index in [0.29, 0.717) is 6.04 Å². The molecule has 2 rings (SSSR count). The van der Waals surface area contributed by atoms with Crippen molar-refractivity contribution in [2.75, 3.05) is 13.2 Å². The van der Waals surface area contributed by atoms with Gasteiger partial charge in [-0.15, -0.1) is 0 Å². The molecule has 66 valence electrons. The molecule has 1 aliphatic heterocycles. The minimum atomic E-state index is 0.0206. The molecule has 1 fully saturated rings. The standard InChI is InChI=1S/C8H13N3O/c1-6(9)8-2-3-11(10-8)7-4-12-5-7/h2-3,6-7H,4-5,9H2,1H3. The van der Waals surface area contributed by atoms with Crippen molar-refractivity contribution in [1.29, 1.82) is 0 Å². The Morgan fingerprint density at radius 1 is 1.75 bits per heavy atom. The number of hydrogen-bond donors (Lipinski definition) is 1. The van der Waals surface area contributed by atoms with Gasteiger partial charge in [0.1, 0.15) is 0 Å². The zero-order valence-electron chi connectivity index (χ0n) is 7.10. The van der Waals surface area contributed by atoms with Crippen LogP contribution >= 0.6 is 0 Å². The summed E-state index contributed by atoms with van der Waals surface area (Å²) in [5.41, 5.74) is 6.63. The third-order valence-corrected chi connectivity index (χ3v) is 2.09. The zero-order chi connectivity index (χ0) is 8.55. The van der Waals surface area contributed by atoms with Gasteiger partial charge in [-0.1, -0.05) is 0 Å². The number of rotatable bonds is 2. The van der Waals surface area contributed by atoms with E-state index in [-0.39, 0.29) is 6.04 Å². The Morgan fingerprint density at radius 3 is 2.92 bits per heavy atom. The summed E-state index contributed by atoms with van der Waals surface area (Å²) in [6.45, 7) is 3.49. The highest BCUT2D eigenvalue weighted by Gasteiger charge is 2.21. The maximum Gasteiger partial charge on any atom is 0.0985 e. The van der Waals surface area contributed by atoms with Gasteiger partial charge in [0.15, 0.2) is 0 Å². The minimum absolute atomic E-state index is 0.0206. The number of ether oxygens (including phenoxy) is 1. The molecule has 0 aliphatic carbocycles. The molecule has 0 radical (unpaired) electrons. The summed E-state index contributed by atoms with van der Waals surface area (Å²) in [5, 5.41) is 4.34. The molecule has 4 heteroatoms. The van der Waals surface area contributed by atoms with Gasteiger partial charge in [-0.05, 0) is 13.0 Å². The van der Waals surface area contributed by atoms with E-state index in [1.807, 2.05) is 23.9 Å². The molecular weight excluding hydrogens is 154 g/mol. The fraction of sp³-hybridized carbons (Fsp3) is 0.625. The minimum Gasteiger partial charge on any atom is -0.377 e. The van der Waals surface area contributed by atoms with Crippen molar-refractivity contribution in [3.8, 4) is 0 Å². The fourth-order valence-electron chi connectivity index (χ4n) is 1.17. The summed E-state index contributed by atoms with van der Waals surface area (Å²) in [4.78, 5) is 0. The molecule has 12 heavy (non-hydrogen) atoms.